The average Bonchev–Trinajstić information content (AvgIpc) is 3.18. The number of carbonyl (C=O) groups excluding carboxylic acids is 2. The van der Waals surface area contributed by atoms with E-state index in [9.17, 15) is 34.4 Å². The first-order chi connectivity index (χ1) is 27.7. The minimum atomic E-state index is -1.99. The van der Waals surface area contributed by atoms with Crippen LogP contribution in [0.5, 0.6) is 0 Å². The molecule has 4 N–H and O–H groups in total. The Bertz CT molecular complexity index is 1670. The van der Waals surface area contributed by atoms with Crippen LogP contribution in [0.4, 0.5) is 4.39 Å². The molecule has 330 valence electrons. The van der Waals surface area contributed by atoms with E-state index < -0.39 is 89.4 Å². The maximum Gasteiger partial charge on any atom is 0.312 e. The molecule has 0 unspecified atom stereocenters. The third-order valence-electron chi connectivity index (χ3n) is 12.1. The van der Waals surface area contributed by atoms with Crippen molar-refractivity contribution < 1.29 is 58.2 Å². The van der Waals surface area contributed by atoms with Gasteiger partial charge >= 0.3 is 11.9 Å². The summed E-state index contributed by atoms with van der Waals surface area (Å²) in [5, 5.41) is 52.6. The predicted molar refractivity (Wildman–Crippen MR) is 220 cm³/mol. The second-order valence-corrected chi connectivity index (χ2v) is 17.4. The van der Waals surface area contributed by atoms with Gasteiger partial charge in [0.05, 0.1) is 42.0 Å². The number of ether oxygens (including phenoxy) is 4. The molecule has 0 radical (unpaired) electrons. The minimum absolute atomic E-state index is 0.0517. The third-order valence-corrected chi connectivity index (χ3v) is 12.1. The molecule has 59 heavy (non-hydrogen) atoms. The molecule has 0 bridgehead atoms. The van der Waals surface area contributed by atoms with Crippen molar-refractivity contribution in [2.45, 2.75) is 148 Å². The standard InChI is InChI=1S/C45H67FN2O11/c1-11-35-45(8,54)40(51)28(4)37(47-55-22-21-31-15-13-12-14-16-31)26(2)25-44(7,53)41(59-43-38(50)34(48(9)10)23-27(3)56-43)29(5)39(30(6)42(52)57-35)58-36(49)24-32-17-19-33(46)20-18-32/h12-20,26-30,34-35,38-41,43,50-51,53-54H,11,21-25H2,1-10H3/b47-37+/t26-,27+,28-,29-,30+,34-,35+,38+,39-,40+,41+,43-,44-,45+/m0/s1. The smallest absolute Gasteiger partial charge is 0.312 e. The summed E-state index contributed by atoms with van der Waals surface area (Å²) in [6, 6.07) is 14.7. The lowest BCUT2D eigenvalue weighted by atomic mass is 9.73. The normalized spacial score (nSPS) is 37.1. The van der Waals surface area contributed by atoms with Gasteiger partial charge in [0.2, 0.25) is 0 Å². The molecule has 2 fully saturated rings. The van der Waals surface area contributed by atoms with Crippen LogP contribution in [0.3, 0.4) is 0 Å². The van der Waals surface area contributed by atoms with E-state index in [2.05, 4.69) is 5.16 Å². The van der Waals surface area contributed by atoms with Gasteiger partial charge in [0.15, 0.2) is 6.29 Å². The molecule has 4 rings (SSSR count). The first-order valence-corrected chi connectivity index (χ1v) is 20.8. The molecule has 2 aliphatic heterocycles. The Morgan fingerprint density at radius 3 is 2.22 bits per heavy atom. The Morgan fingerprint density at radius 2 is 1.61 bits per heavy atom. The van der Waals surface area contributed by atoms with Gasteiger partial charge < -0.3 is 49.1 Å². The number of aliphatic hydroxyl groups excluding tert-OH is 2. The quantitative estimate of drug-likeness (QED) is 0.138. The molecule has 14 atom stereocenters. The topological polar surface area (TPSA) is 177 Å². The van der Waals surface area contributed by atoms with Crippen LogP contribution in [0.2, 0.25) is 0 Å². The minimum Gasteiger partial charge on any atom is -0.461 e. The number of cyclic esters (lactones) is 1. The van der Waals surface area contributed by atoms with E-state index in [0.717, 1.165) is 5.56 Å². The van der Waals surface area contributed by atoms with Gasteiger partial charge in [-0.05, 0) is 84.3 Å². The van der Waals surface area contributed by atoms with Crippen LogP contribution in [-0.2, 0) is 46.2 Å². The number of nitrogens with zero attached hydrogens (tertiary/aromatic N) is 2. The van der Waals surface area contributed by atoms with Gasteiger partial charge in [-0.15, -0.1) is 0 Å². The summed E-state index contributed by atoms with van der Waals surface area (Å²) in [6.45, 7) is 13.4. The van der Waals surface area contributed by atoms with E-state index in [1.54, 1.807) is 27.7 Å². The van der Waals surface area contributed by atoms with Crippen LogP contribution in [-0.4, -0.2) is 124 Å². The van der Waals surface area contributed by atoms with E-state index in [4.69, 9.17) is 23.8 Å². The zero-order valence-electron chi connectivity index (χ0n) is 36.3. The number of oxime groups is 1. The van der Waals surface area contributed by atoms with Crippen molar-refractivity contribution >= 4 is 17.7 Å². The Labute approximate surface area is 348 Å². The molecule has 2 heterocycles. The molecule has 2 aliphatic rings. The molecular weight excluding hydrogens is 763 g/mol. The van der Waals surface area contributed by atoms with Crippen LogP contribution < -0.4 is 0 Å². The lowest BCUT2D eigenvalue weighted by Gasteiger charge is -2.47. The highest BCUT2D eigenvalue weighted by molar-refractivity contribution is 5.88. The highest BCUT2D eigenvalue weighted by Gasteiger charge is 2.52. The van der Waals surface area contributed by atoms with Gasteiger partial charge in [-0.1, -0.05) is 75.3 Å². The lowest BCUT2D eigenvalue weighted by Crippen LogP contribution is -2.60. The van der Waals surface area contributed by atoms with Crippen molar-refractivity contribution in [1.82, 2.24) is 4.90 Å². The maximum atomic E-state index is 14.2. The van der Waals surface area contributed by atoms with E-state index in [0.29, 0.717) is 24.1 Å². The Hall–Kier alpha value is -3.50. The highest BCUT2D eigenvalue weighted by Crippen LogP contribution is 2.39. The monoisotopic (exact) mass is 830 g/mol. The number of esters is 2. The highest BCUT2D eigenvalue weighted by atomic mass is 19.1. The van der Waals surface area contributed by atoms with Gasteiger partial charge in [0.1, 0.15) is 36.3 Å². The number of hydrogen-bond acceptors (Lipinski definition) is 13. The van der Waals surface area contributed by atoms with Gasteiger partial charge in [-0.2, -0.15) is 0 Å². The summed E-state index contributed by atoms with van der Waals surface area (Å²) in [5.74, 6) is -5.67. The van der Waals surface area contributed by atoms with Crippen molar-refractivity contribution in [3.63, 3.8) is 0 Å². The third kappa shape index (κ3) is 12.3. The number of likely N-dealkylation sites (N-methyl/N-ethyl adjacent to an activating group) is 1. The fourth-order valence-corrected chi connectivity index (χ4v) is 8.68. The van der Waals surface area contributed by atoms with Crippen LogP contribution in [0.1, 0.15) is 85.8 Å². The Kier molecular flexibility index (Phi) is 17.0. The first kappa shape index (κ1) is 48.2. The summed E-state index contributed by atoms with van der Waals surface area (Å²) >= 11 is 0. The number of halogens is 1. The van der Waals surface area contributed by atoms with E-state index in [-0.39, 0.29) is 38.0 Å². The van der Waals surface area contributed by atoms with Crippen LogP contribution in [0.15, 0.2) is 59.8 Å². The van der Waals surface area contributed by atoms with Crippen molar-refractivity contribution in [2.75, 3.05) is 20.7 Å². The molecular formula is C45H67FN2O11. The molecule has 0 spiro atoms. The molecule has 0 saturated carbocycles. The second-order valence-electron chi connectivity index (χ2n) is 17.4. The molecule has 0 aliphatic carbocycles. The average molecular weight is 831 g/mol. The van der Waals surface area contributed by atoms with Crippen molar-refractivity contribution in [3.8, 4) is 0 Å². The zero-order chi connectivity index (χ0) is 43.8. The molecule has 13 nitrogen and oxygen atoms in total. The van der Waals surface area contributed by atoms with Crippen LogP contribution in [0, 0.1) is 29.5 Å². The van der Waals surface area contributed by atoms with E-state index in [1.807, 2.05) is 63.2 Å². The number of rotatable bonds is 11. The molecule has 2 aromatic carbocycles. The summed E-state index contributed by atoms with van der Waals surface area (Å²) in [4.78, 5) is 35.6. The zero-order valence-corrected chi connectivity index (χ0v) is 36.3. The lowest BCUT2D eigenvalue weighted by molar-refractivity contribution is -0.299. The molecule has 2 saturated heterocycles. The maximum absolute atomic E-state index is 14.2. The summed E-state index contributed by atoms with van der Waals surface area (Å²) in [7, 11) is 3.68. The molecule has 14 heteroatoms. The van der Waals surface area contributed by atoms with Gasteiger partial charge in [0, 0.05) is 30.2 Å². The summed E-state index contributed by atoms with van der Waals surface area (Å²) in [5.41, 5.74) is -1.95. The van der Waals surface area contributed by atoms with E-state index in [1.165, 1.54) is 38.1 Å². The van der Waals surface area contributed by atoms with Crippen LogP contribution in [0.25, 0.3) is 0 Å². The summed E-state index contributed by atoms with van der Waals surface area (Å²) < 4.78 is 38.6. The van der Waals surface area contributed by atoms with Crippen molar-refractivity contribution in [2.24, 2.45) is 28.8 Å². The number of hydrogen-bond donors (Lipinski definition) is 4. The Balaban J connectivity index is 1.82. The van der Waals surface area contributed by atoms with E-state index >= 15 is 0 Å². The van der Waals surface area contributed by atoms with Crippen molar-refractivity contribution in [1.29, 1.82) is 0 Å². The van der Waals surface area contributed by atoms with Crippen molar-refractivity contribution in [3.05, 3.63) is 71.5 Å². The van der Waals surface area contributed by atoms with Gasteiger partial charge in [0.25, 0.3) is 0 Å². The number of carbonyl (C=O) groups is 2. The SMILES string of the molecule is CC[C@H]1OC(=O)[C@H](C)[C@@H](OC(=O)Cc2ccc(F)cc2)[C@H](C)[C@@H](O[C@@H]2O[C@H](C)C[C@H](N(C)C)[C@H]2O)[C@@](C)(O)C[C@H](C)/C(=N\OCCc2ccccc2)[C@H](C)[C@@H](O)[C@]1(C)O. The van der Waals surface area contributed by atoms with Crippen LogP contribution >= 0.6 is 0 Å². The largest absolute Gasteiger partial charge is 0.461 e. The molecule has 0 aromatic heterocycles. The number of benzene rings is 2. The number of aliphatic hydroxyl groups is 4. The fourth-order valence-electron chi connectivity index (χ4n) is 8.68. The van der Waals surface area contributed by atoms with Gasteiger partial charge in [-0.3, -0.25) is 9.59 Å². The second kappa shape index (κ2) is 20.8. The predicted octanol–water partition coefficient (Wildman–Crippen LogP) is 4.84. The first-order valence-electron chi connectivity index (χ1n) is 20.8. The molecule has 2 aromatic rings. The molecule has 0 amide bonds. The summed E-state index contributed by atoms with van der Waals surface area (Å²) in [6.07, 6.45) is -7.10. The van der Waals surface area contributed by atoms with Gasteiger partial charge in [-0.25, -0.2) is 4.39 Å². The Morgan fingerprint density at radius 1 is 0.966 bits per heavy atom. The fraction of sp³-hybridized carbons (Fsp3) is 0.667.